The van der Waals surface area contributed by atoms with Crippen LogP contribution in [0.3, 0.4) is 0 Å². The monoisotopic (exact) mass is 463 g/mol. The number of quaternary nitrogens is 1. The molecule has 5 heteroatoms. The summed E-state index contributed by atoms with van der Waals surface area (Å²) in [5.74, 6) is 2.28. The Balaban J connectivity index is 1.40. The molecule has 2 atom stereocenters. The molecular weight excluding hydrogens is 424 g/mol. The van der Waals surface area contributed by atoms with Crippen LogP contribution in [-0.4, -0.2) is 30.3 Å². The molecule has 0 saturated heterocycles. The Morgan fingerprint density at radius 1 is 0.971 bits per heavy atom. The second-order valence-corrected chi connectivity index (χ2v) is 9.71. The van der Waals surface area contributed by atoms with Crippen molar-refractivity contribution in [2.45, 2.75) is 63.5 Å². The fourth-order valence-corrected chi connectivity index (χ4v) is 5.13. The molecule has 2 aromatic carbocycles. The van der Waals surface area contributed by atoms with Crippen LogP contribution in [0.4, 0.5) is 0 Å². The molecule has 0 amide bonds. The Bertz CT molecular complexity index is 967. The van der Waals surface area contributed by atoms with Crippen LogP contribution in [0.25, 0.3) is 0 Å². The van der Waals surface area contributed by atoms with Gasteiger partial charge in [0.2, 0.25) is 5.89 Å². The lowest BCUT2D eigenvalue weighted by Gasteiger charge is -2.35. The van der Waals surface area contributed by atoms with Crippen LogP contribution in [0.2, 0.25) is 0 Å². The standard InChI is InChI=1S/C29H38N2O3/c1-31(20-13-21-33-26-18-11-6-12-19-26)23-27-22-30-28(34-27)29(32,25-16-9-5-10-17-25)24-14-7-3-2-4-8-15-24/h5-6,9-12,16-19,22,24,32H,2-4,7-8,13-15,20-21,23H2,1H3/p+1. The van der Waals surface area contributed by atoms with Gasteiger partial charge in [-0.1, -0.05) is 80.6 Å². The summed E-state index contributed by atoms with van der Waals surface area (Å²) in [5.41, 5.74) is -0.304. The molecule has 1 aliphatic carbocycles. The number of ether oxygens (including phenoxy) is 1. The van der Waals surface area contributed by atoms with Crippen molar-refractivity contribution in [3.05, 3.63) is 84.1 Å². The van der Waals surface area contributed by atoms with Crippen molar-refractivity contribution in [1.29, 1.82) is 0 Å². The highest BCUT2D eigenvalue weighted by atomic mass is 16.5. The third-order valence-electron chi connectivity index (χ3n) is 7.03. The highest BCUT2D eigenvalue weighted by Crippen LogP contribution is 2.42. The minimum absolute atomic E-state index is 0.113. The minimum Gasteiger partial charge on any atom is -0.493 e. The summed E-state index contributed by atoms with van der Waals surface area (Å²) in [4.78, 5) is 5.96. The van der Waals surface area contributed by atoms with Crippen molar-refractivity contribution in [3.63, 3.8) is 0 Å². The number of nitrogens with zero attached hydrogens (tertiary/aromatic N) is 1. The zero-order valence-electron chi connectivity index (χ0n) is 20.4. The average Bonchev–Trinajstić information content (AvgIpc) is 3.31. The maximum absolute atomic E-state index is 12.1. The van der Waals surface area contributed by atoms with Gasteiger partial charge in [-0.25, -0.2) is 4.98 Å². The predicted octanol–water partition coefficient (Wildman–Crippen LogP) is 4.75. The van der Waals surface area contributed by atoms with Crippen LogP contribution in [-0.2, 0) is 12.1 Å². The van der Waals surface area contributed by atoms with E-state index in [1.54, 1.807) is 6.20 Å². The van der Waals surface area contributed by atoms with Gasteiger partial charge in [0.05, 0.1) is 26.4 Å². The molecule has 4 rings (SSSR count). The summed E-state index contributed by atoms with van der Waals surface area (Å²) in [6, 6.07) is 19.9. The van der Waals surface area contributed by atoms with Gasteiger partial charge in [-0.3, -0.25) is 0 Å². The van der Waals surface area contributed by atoms with Crippen LogP contribution in [0.1, 0.15) is 68.6 Å². The van der Waals surface area contributed by atoms with E-state index >= 15 is 0 Å². The fraction of sp³-hybridized carbons (Fsp3) is 0.483. The molecule has 5 nitrogen and oxygen atoms in total. The summed E-state index contributed by atoms with van der Waals surface area (Å²) in [7, 11) is 2.16. The lowest BCUT2D eigenvalue weighted by Crippen LogP contribution is -3.07. The number of rotatable bonds is 10. The Morgan fingerprint density at radius 3 is 2.32 bits per heavy atom. The molecular formula is C29H39N2O3+. The minimum atomic E-state index is -1.19. The van der Waals surface area contributed by atoms with Gasteiger partial charge in [-0.15, -0.1) is 0 Å². The van der Waals surface area contributed by atoms with Crippen LogP contribution >= 0.6 is 0 Å². The molecule has 1 aliphatic rings. The second-order valence-electron chi connectivity index (χ2n) is 9.71. The number of hydrogen-bond donors (Lipinski definition) is 2. The predicted molar refractivity (Wildman–Crippen MR) is 134 cm³/mol. The maximum Gasteiger partial charge on any atom is 0.231 e. The highest BCUT2D eigenvalue weighted by molar-refractivity contribution is 5.30. The molecule has 1 saturated carbocycles. The normalized spacial score (nSPS) is 17.9. The summed E-state index contributed by atoms with van der Waals surface area (Å²) >= 11 is 0. The van der Waals surface area contributed by atoms with Gasteiger partial charge in [-0.2, -0.15) is 0 Å². The Kier molecular flexibility index (Phi) is 8.78. The topological polar surface area (TPSA) is 59.9 Å². The Hall–Kier alpha value is -2.63. The van der Waals surface area contributed by atoms with E-state index in [0.717, 1.165) is 62.3 Å². The summed E-state index contributed by atoms with van der Waals surface area (Å²) in [5, 5.41) is 12.1. The number of aromatic nitrogens is 1. The van der Waals surface area contributed by atoms with Gasteiger partial charge in [0.25, 0.3) is 0 Å². The van der Waals surface area contributed by atoms with E-state index in [-0.39, 0.29) is 5.92 Å². The average molecular weight is 464 g/mol. The van der Waals surface area contributed by atoms with Crippen molar-refractivity contribution in [2.24, 2.45) is 5.92 Å². The quantitative estimate of drug-likeness (QED) is 0.426. The van der Waals surface area contributed by atoms with E-state index in [4.69, 9.17) is 9.15 Å². The van der Waals surface area contributed by atoms with E-state index in [2.05, 4.69) is 12.0 Å². The van der Waals surface area contributed by atoms with Crippen LogP contribution in [0, 0.1) is 5.92 Å². The maximum atomic E-state index is 12.1. The molecule has 34 heavy (non-hydrogen) atoms. The van der Waals surface area contributed by atoms with Crippen LogP contribution in [0.15, 0.2) is 71.3 Å². The van der Waals surface area contributed by atoms with E-state index in [1.807, 2.05) is 60.7 Å². The summed E-state index contributed by atoms with van der Waals surface area (Å²) in [6.07, 6.45) is 10.8. The number of benzene rings is 2. The fourth-order valence-electron chi connectivity index (χ4n) is 5.13. The molecule has 1 aromatic heterocycles. The first kappa shape index (κ1) is 24.5. The van der Waals surface area contributed by atoms with E-state index in [0.29, 0.717) is 12.5 Å². The molecule has 2 unspecified atom stereocenters. The first-order valence-corrected chi connectivity index (χ1v) is 12.9. The smallest absolute Gasteiger partial charge is 0.231 e. The molecule has 3 aromatic rings. The van der Waals surface area contributed by atoms with Gasteiger partial charge in [0.1, 0.15) is 12.3 Å². The molecule has 0 spiro atoms. The molecule has 2 N–H and O–H groups in total. The Labute approximate surface area is 203 Å². The molecule has 182 valence electrons. The highest BCUT2D eigenvalue weighted by Gasteiger charge is 2.44. The largest absolute Gasteiger partial charge is 0.493 e. The van der Waals surface area contributed by atoms with Crippen molar-refractivity contribution >= 4 is 0 Å². The van der Waals surface area contributed by atoms with Crippen LogP contribution < -0.4 is 9.64 Å². The van der Waals surface area contributed by atoms with E-state index < -0.39 is 5.60 Å². The van der Waals surface area contributed by atoms with Crippen molar-refractivity contribution in [3.8, 4) is 5.75 Å². The zero-order valence-corrected chi connectivity index (χ0v) is 20.4. The zero-order chi connectivity index (χ0) is 23.6. The lowest BCUT2D eigenvalue weighted by atomic mass is 9.74. The van der Waals surface area contributed by atoms with Gasteiger partial charge in [0, 0.05) is 12.3 Å². The van der Waals surface area contributed by atoms with E-state index in [1.165, 1.54) is 24.2 Å². The van der Waals surface area contributed by atoms with Gasteiger partial charge < -0.3 is 19.2 Å². The molecule has 1 heterocycles. The van der Waals surface area contributed by atoms with Crippen molar-refractivity contribution in [1.82, 2.24) is 4.98 Å². The number of hydrogen-bond acceptors (Lipinski definition) is 4. The molecule has 0 aliphatic heterocycles. The summed E-state index contributed by atoms with van der Waals surface area (Å²) in [6.45, 7) is 2.39. The Morgan fingerprint density at radius 2 is 1.62 bits per heavy atom. The molecule has 1 fully saturated rings. The third kappa shape index (κ3) is 6.28. The van der Waals surface area contributed by atoms with Gasteiger partial charge >= 0.3 is 0 Å². The number of aliphatic hydroxyl groups is 1. The third-order valence-corrected chi connectivity index (χ3v) is 7.03. The SMILES string of the molecule is C[NH+](CCCOc1ccccc1)Cc1cnc(C(O)(c2ccccc2)C2CCCCCCC2)o1. The van der Waals surface area contributed by atoms with Gasteiger partial charge in [0.15, 0.2) is 11.4 Å². The lowest BCUT2D eigenvalue weighted by molar-refractivity contribution is -0.895. The van der Waals surface area contributed by atoms with Crippen molar-refractivity contribution < 1.29 is 19.2 Å². The molecule has 0 radical (unpaired) electrons. The van der Waals surface area contributed by atoms with Gasteiger partial charge in [-0.05, 0) is 30.5 Å². The number of nitrogens with one attached hydrogen (secondary N) is 1. The second kappa shape index (κ2) is 12.2. The summed E-state index contributed by atoms with van der Waals surface area (Å²) < 4.78 is 12.1. The number of oxazole rings is 1. The molecule has 0 bridgehead atoms. The van der Waals surface area contributed by atoms with Crippen LogP contribution in [0.5, 0.6) is 5.75 Å². The van der Waals surface area contributed by atoms with E-state index in [9.17, 15) is 5.11 Å². The first-order chi connectivity index (χ1) is 16.7. The first-order valence-electron chi connectivity index (χ1n) is 12.9. The van der Waals surface area contributed by atoms with Crippen molar-refractivity contribution in [2.75, 3.05) is 20.2 Å². The number of para-hydroxylation sites is 1.